The second-order valence-electron chi connectivity index (χ2n) is 2.33. The molecule has 5 heteroatoms. The first-order valence-electron chi connectivity index (χ1n) is 3.88. The van der Waals surface area contributed by atoms with Gasteiger partial charge in [0.1, 0.15) is 5.69 Å². The van der Waals surface area contributed by atoms with Gasteiger partial charge in [0.05, 0.1) is 0 Å². The van der Waals surface area contributed by atoms with E-state index in [1.54, 1.807) is 6.20 Å². The Morgan fingerprint density at radius 2 is 1.93 bits per heavy atom. The van der Waals surface area contributed by atoms with E-state index < -0.39 is 0 Å². The van der Waals surface area contributed by atoms with Crippen molar-refractivity contribution >= 4 is 6.47 Å². The van der Waals surface area contributed by atoms with Gasteiger partial charge in [-0.1, -0.05) is 35.5 Å². The van der Waals surface area contributed by atoms with Crippen LogP contribution < -0.4 is 0 Å². The maximum absolute atomic E-state index is 8.36. The Bertz CT molecular complexity index is 359. The molecule has 0 atom stereocenters. The third kappa shape index (κ3) is 2.71. The molecular weight excluding hydrogens is 182 g/mol. The molecule has 72 valence electrons. The van der Waals surface area contributed by atoms with Crippen LogP contribution in [0.4, 0.5) is 0 Å². The van der Waals surface area contributed by atoms with Crippen LogP contribution in [0.2, 0.25) is 0 Å². The van der Waals surface area contributed by atoms with Crippen LogP contribution >= 0.6 is 0 Å². The summed E-state index contributed by atoms with van der Waals surface area (Å²) >= 11 is 0. The van der Waals surface area contributed by atoms with Gasteiger partial charge >= 0.3 is 0 Å². The number of rotatable bonds is 1. The lowest BCUT2D eigenvalue weighted by molar-refractivity contribution is -0.122. The molecule has 5 nitrogen and oxygen atoms in total. The van der Waals surface area contributed by atoms with E-state index in [9.17, 15) is 0 Å². The summed E-state index contributed by atoms with van der Waals surface area (Å²) in [5.74, 6) is 0. The number of benzene rings is 1. The summed E-state index contributed by atoms with van der Waals surface area (Å²) in [5.41, 5.74) is 1.96. The molecule has 1 aromatic heterocycles. The number of H-pyrrole nitrogens is 1. The summed E-state index contributed by atoms with van der Waals surface area (Å²) < 4.78 is 0. The van der Waals surface area contributed by atoms with E-state index in [1.165, 1.54) is 0 Å². The van der Waals surface area contributed by atoms with Crippen LogP contribution in [0.25, 0.3) is 11.3 Å². The average molecular weight is 191 g/mol. The van der Waals surface area contributed by atoms with Crippen LogP contribution in [0.3, 0.4) is 0 Å². The van der Waals surface area contributed by atoms with Crippen LogP contribution in [-0.2, 0) is 4.79 Å². The Balaban J connectivity index is 0.000000293. The molecule has 0 radical (unpaired) electrons. The van der Waals surface area contributed by atoms with Crippen LogP contribution in [0.15, 0.2) is 36.5 Å². The molecule has 14 heavy (non-hydrogen) atoms. The fraction of sp³-hybridized carbons (Fsp3) is 0. The van der Waals surface area contributed by atoms with E-state index >= 15 is 0 Å². The van der Waals surface area contributed by atoms with Gasteiger partial charge in [0.2, 0.25) is 0 Å². The molecule has 0 saturated carbocycles. The molecule has 2 aromatic rings. The zero-order valence-electron chi connectivity index (χ0n) is 7.29. The van der Waals surface area contributed by atoms with Gasteiger partial charge < -0.3 is 5.11 Å². The molecule has 2 N–H and O–H groups in total. The van der Waals surface area contributed by atoms with Gasteiger partial charge in [-0.05, 0) is 0 Å². The number of carboxylic acid groups (broad SMARTS) is 1. The lowest BCUT2D eigenvalue weighted by Crippen LogP contribution is -1.75. The van der Waals surface area contributed by atoms with Crippen molar-refractivity contribution in [2.24, 2.45) is 0 Å². The van der Waals surface area contributed by atoms with Gasteiger partial charge in [-0.2, -0.15) is 0 Å². The zero-order chi connectivity index (χ0) is 10.2. The summed E-state index contributed by atoms with van der Waals surface area (Å²) in [6, 6.07) is 9.92. The monoisotopic (exact) mass is 191 g/mol. The fourth-order valence-corrected chi connectivity index (χ4v) is 0.952. The molecule has 0 unspecified atom stereocenters. The Morgan fingerprint density at radius 3 is 2.43 bits per heavy atom. The first kappa shape index (κ1) is 9.91. The highest BCUT2D eigenvalue weighted by molar-refractivity contribution is 5.56. The van der Waals surface area contributed by atoms with Gasteiger partial charge in [-0.25, -0.2) is 0 Å². The SMILES string of the molecule is O=CO.c1ccc(-c2c[nH]nn2)cc1. The number of aromatic amines is 1. The van der Waals surface area contributed by atoms with Crippen LogP contribution in [-0.4, -0.2) is 27.0 Å². The Hall–Kier alpha value is -2.17. The zero-order valence-corrected chi connectivity index (χ0v) is 7.29. The van der Waals surface area contributed by atoms with Crippen molar-refractivity contribution in [1.29, 1.82) is 0 Å². The minimum atomic E-state index is -0.250. The van der Waals surface area contributed by atoms with E-state index in [1.807, 2.05) is 30.3 Å². The molecule has 0 bridgehead atoms. The van der Waals surface area contributed by atoms with Gasteiger partial charge in [-0.15, -0.1) is 5.10 Å². The van der Waals surface area contributed by atoms with E-state index in [4.69, 9.17) is 9.90 Å². The number of nitrogens with one attached hydrogen (secondary N) is 1. The van der Waals surface area contributed by atoms with Gasteiger partial charge in [0.15, 0.2) is 0 Å². The Morgan fingerprint density at radius 1 is 1.29 bits per heavy atom. The third-order valence-corrected chi connectivity index (χ3v) is 1.49. The van der Waals surface area contributed by atoms with Crippen molar-refractivity contribution in [2.45, 2.75) is 0 Å². The van der Waals surface area contributed by atoms with Crippen LogP contribution in [0, 0.1) is 0 Å². The number of hydrogen-bond donors (Lipinski definition) is 2. The maximum atomic E-state index is 8.36. The van der Waals surface area contributed by atoms with Gasteiger partial charge in [0.25, 0.3) is 6.47 Å². The third-order valence-electron chi connectivity index (χ3n) is 1.49. The highest BCUT2D eigenvalue weighted by atomic mass is 16.3. The molecule has 0 fully saturated rings. The molecule has 0 amide bonds. The predicted molar refractivity (Wildman–Crippen MR) is 50.5 cm³/mol. The average Bonchev–Trinajstić information content (AvgIpc) is 2.73. The van der Waals surface area contributed by atoms with Gasteiger partial charge in [0, 0.05) is 11.8 Å². The van der Waals surface area contributed by atoms with Crippen molar-refractivity contribution in [1.82, 2.24) is 15.4 Å². The summed E-state index contributed by atoms with van der Waals surface area (Å²) in [4.78, 5) is 8.36. The topological polar surface area (TPSA) is 78.9 Å². The highest BCUT2D eigenvalue weighted by Crippen LogP contribution is 2.12. The Kier molecular flexibility index (Phi) is 3.87. The maximum Gasteiger partial charge on any atom is 0.290 e. The number of carbonyl (C=O) groups is 1. The van der Waals surface area contributed by atoms with Gasteiger partial charge in [-0.3, -0.25) is 9.89 Å². The standard InChI is InChI=1S/C8H7N3.CH2O2/c1-2-4-7(5-3-1)8-6-9-11-10-8;2-1-3/h1-6H,(H,9,10,11);1H,(H,2,3). The van der Waals surface area contributed by atoms with E-state index in [0.29, 0.717) is 0 Å². The molecule has 2 rings (SSSR count). The summed E-state index contributed by atoms with van der Waals surface area (Å²) in [7, 11) is 0. The van der Waals surface area contributed by atoms with E-state index in [2.05, 4.69) is 15.4 Å². The Labute approximate surface area is 80.4 Å². The molecule has 0 spiro atoms. The highest BCUT2D eigenvalue weighted by Gasteiger charge is 1.96. The fourth-order valence-electron chi connectivity index (χ4n) is 0.952. The molecule has 0 aliphatic carbocycles. The number of aromatic nitrogens is 3. The van der Waals surface area contributed by atoms with E-state index in [0.717, 1.165) is 11.3 Å². The van der Waals surface area contributed by atoms with Crippen LogP contribution in [0.5, 0.6) is 0 Å². The molecule has 1 aromatic carbocycles. The molecule has 0 aliphatic rings. The summed E-state index contributed by atoms with van der Waals surface area (Å²) in [5, 5.41) is 17.1. The molecular formula is C9H9N3O2. The summed E-state index contributed by atoms with van der Waals surface area (Å²) in [6.07, 6.45) is 1.77. The van der Waals surface area contributed by atoms with Crippen molar-refractivity contribution in [3.05, 3.63) is 36.5 Å². The minimum Gasteiger partial charge on any atom is -0.483 e. The van der Waals surface area contributed by atoms with Crippen molar-refractivity contribution in [3.63, 3.8) is 0 Å². The summed E-state index contributed by atoms with van der Waals surface area (Å²) in [6.45, 7) is -0.250. The first-order valence-corrected chi connectivity index (χ1v) is 3.88. The quantitative estimate of drug-likeness (QED) is 0.663. The second-order valence-corrected chi connectivity index (χ2v) is 2.33. The molecule has 1 heterocycles. The second kappa shape index (κ2) is 5.47. The lowest BCUT2D eigenvalue weighted by Gasteiger charge is -1.90. The minimum absolute atomic E-state index is 0.250. The lowest BCUT2D eigenvalue weighted by atomic mass is 10.2. The number of hydrogen-bond acceptors (Lipinski definition) is 3. The smallest absolute Gasteiger partial charge is 0.290 e. The van der Waals surface area contributed by atoms with E-state index in [-0.39, 0.29) is 6.47 Å². The van der Waals surface area contributed by atoms with Crippen molar-refractivity contribution in [3.8, 4) is 11.3 Å². The van der Waals surface area contributed by atoms with Crippen molar-refractivity contribution < 1.29 is 9.90 Å². The number of nitrogens with zero attached hydrogens (tertiary/aromatic N) is 2. The normalized spacial score (nSPS) is 8.57. The molecule has 0 aliphatic heterocycles. The molecule has 0 saturated heterocycles. The first-order chi connectivity index (χ1) is 6.88. The van der Waals surface area contributed by atoms with Crippen LogP contribution in [0.1, 0.15) is 0 Å². The van der Waals surface area contributed by atoms with Crippen molar-refractivity contribution in [2.75, 3.05) is 0 Å². The largest absolute Gasteiger partial charge is 0.483 e. The predicted octanol–water partition coefficient (Wildman–Crippen LogP) is 1.17.